The number of nitrogens with one attached hydrogen (secondary N) is 1. The van der Waals surface area contributed by atoms with Crippen LogP contribution in [0.5, 0.6) is 0 Å². The molecule has 3 rings (SSSR count). The third kappa shape index (κ3) is 5.92. The van der Waals surface area contributed by atoms with Crippen LogP contribution in [0.25, 0.3) is 0 Å². The topological polar surface area (TPSA) is 34.1 Å². The lowest BCUT2D eigenvalue weighted by Crippen LogP contribution is -2.46. The van der Waals surface area contributed by atoms with Crippen molar-refractivity contribution < 1.29 is 0 Å². The van der Waals surface area contributed by atoms with Crippen molar-refractivity contribution in [1.29, 1.82) is 0 Å². The van der Waals surface area contributed by atoms with Crippen LogP contribution in [0.1, 0.15) is 25.7 Å². The largest absolute Gasteiger partial charge is 0.355 e. The zero-order valence-corrected chi connectivity index (χ0v) is 18.2. The van der Waals surface area contributed by atoms with Gasteiger partial charge in [0.15, 0.2) is 5.96 Å². The molecule has 140 valence electrons. The zero-order chi connectivity index (χ0) is 15.9. The first-order valence-corrected chi connectivity index (χ1v) is 10.5. The van der Waals surface area contributed by atoms with Crippen LogP contribution in [0.3, 0.4) is 0 Å². The van der Waals surface area contributed by atoms with Gasteiger partial charge in [-0.05, 0) is 32.4 Å². The quantitative estimate of drug-likeness (QED) is 0.388. The van der Waals surface area contributed by atoms with Gasteiger partial charge in [0.1, 0.15) is 0 Å². The van der Waals surface area contributed by atoms with Crippen molar-refractivity contribution >= 4 is 41.7 Å². The highest BCUT2D eigenvalue weighted by atomic mass is 127. The summed E-state index contributed by atoms with van der Waals surface area (Å²) in [6.07, 6.45) is 5.49. The van der Waals surface area contributed by atoms with Gasteiger partial charge in [0.2, 0.25) is 0 Å². The summed E-state index contributed by atoms with van der Waals surface area (Å²) < 4.78 is 0. The third-order valence-corrected chi connectivity index (χ3v) is 6.34. The van der Waals surface area contributed by atoms with Gasteiger partial charge in [-0.25, -0.2) is 0 Å². The van der Waals surface area contributed by atoms with Gasteiger partial charge in [0.25, 0.3) is 0 Å². The molecule has 1 N–H and O–H groups in total. The van der Waals surface area contributed by atoms with E-state index in [-0.39, 0.29) is 24.0 Å². The van der Waals surface area contributed by atoms with Crippen molar-refractivity contribution in [3.63, 3.8) is 0 Å². The van der Waals surface area contributed by atoms with E-state index in [0.717, 1.165) is 38.2 Å². The predicted molar refractivity (Wildman–Crippen MR) is 116 cm³/mol. The third-order valence-electron chi connectivity index (χ3n) is 5.40. The Morgan fingerprint density at radius 3 is 2.54 bits per heavy atom. The Labute approximate surface area is 169 Å². The van der Waals surface area contributed by atoms with Gasteiger partial charge in [-0.3, -0.25) is 14.8 Å². The van der Waals surface area contributed by atoms with E-state index in [1.165, 1.54) is 63.4 Å². The summed E-state index contributed by atoms with van der Waals surface area (Å²) in [5.74, 6) is 3.69. The number of likely N-dealkylation sites (tertiary alicyclic amines) is 2. The lowest BCUT2D eigenvalue weighted by molar-refractivity contribution is 0.168. The Hall–Kier alpha value is 0.270. The van der Waals surface area contributed by atoms with Crippen LogP contribution in [-0.4, -0.2) is 97.6 Å². The van der Waals surface area contributed by atoms with Crippen molar-refractivity contribution in [2.24, 2.45) is 4.99 Å². The zero-order valence-electron chi connectivity index (χ0n) is 15.1. The number of aliphatic imine (C=N–C) groups is 1. The maximum atomic E-state index is 4.52. The lowest BCUT2D eigenvalue weighted by Gasteiger charge is -2.32. The summed E-state index contributed by atoms with van der Waals surface area (Å²) in [6, 6.07) is 0.743. The minimum atomic E-state index is 0. The fourth-order valence-corrected chi connectivity index (χ4v) is 4.98. The molecule has 0 aliphatic carbocycles. The number of halogens is 1. The average Bonchev–Trinajstić information content (AvgIpc) is 3.10. The number of rotatable bonds is 4. The molecule has 3 saturated heterocycles. The van der Waals surface area contributed by atoms with Gasteiger partial charge in [0, 0.05) is 63.9 Å². The molecule has 0 aromatic heterocycles. The van der Waals surface area contributed by atoms with Gasteiger partial charge < -0.3 is 10.2 Å². The Kier molecular flexibility index (Phi) is 9.50. The van der Waals surface area contributed by atoms with E-state index < -0.39 is 0 Å². The second-order valence-electron chi connectivity index (χ2n) is 6.91. The number of guanidine groups is 1. The summed E-state index contributed by atoms with van der Waals surface area (Å²) in [6.45, 7) is 9.55. The smallest absolute Gasteiger partial charge is 0.193 e. The standard InChI is InChI=1S/C17H33N5S.HI/c1-18-17(19-6-10-20-11-13-23-14-12-20)22-9-5-16(15-22)21-7-3-2-4-8-21;/h16H,2-15H2,1H3,(H,18,19);1H. The summed E-state index contributed by atoms with van der Waals surface area (Å²) >= 11 is 2.08. The lowest BCUT2D eigenvalue weighted by atomic mass is 10.1. The van der Waals surface area contributed by atoms with E-state index in [0.29, 0.717) is 0 Å². The Bertz CT molecular complexity index is 383. The van der Waals surface area contributed by atoms with Crippen molar-refractivity contribution in [2.75, 3.05) is 70.9 Å². The van der Waals surface area contributed by atoms with Crippen LogP contribution in [0.15, 0.2) is 4.99 Å². The maximum Gasteiger partial charge on any atom is 0.193 e. The molecule has 3 aliphatic rings. The van der Waals surface area contributed by atoms with Crippen molar-refractivity contribution in [3.05, 3.63) is 0 Å². The van der Waals surface area contributed by atoms with Crippen LogP contribution >= 0.6 is 35.7 Å². The molecule has 0 aromatic rings. The van der Waals surface area contributed by atoms with Gasteiger partial charge in [-0.15, -0.1) is 24.0 Å². The average molecular weight is 467 g/mol. The first kappa shape index (κ1) is 20.6. The summed E-state index contributed by atoms with van der Waals surface area (Å²) in [4.78, 5) is 12.3. The number of nitrogens with zero attached hydrogens (tertiary/aromatic N) is 4. The number of hydrogen-bond donors (Lipinski definition) is 1. The number of hydrogen-bond acceptors (Lipinski definition) is 4. The van der Waals surface area contributed by atoms with E-state index >= 15 is 0 Å². The van der Waals surface area contributed by atoms with Crippen molar-refractivity contribution in [3.8, 4) is 0 Å². The molecular weight excluding hydrogens is 433 g/mol. The van der Waals surface area contributed by atoms with E-state index in [9.17, 15) is 0 Å². The molecule has 3 heterocycles. The molecule has 3 aliphatic heterocycles. The fourth-order valence-electron chi connectivity index (χ4n) is 4.00. The summed E-state index contributed by atoms with van der Waals surface area (Å²) in [5.41, 5.74) is 0. The maximum absolute atomic E-state index is 4.52. The van der Waals surface area contributed by atoms with Gasteiger partial charge in [-0.2, -0.15) is 11.8 Å². The molecule has 0 bridgehead atoms. The first-order valence-electron chi connectivity index (χ1n) is 9.36. The molecule has 7 heteroatoms. The molecule has 0 amide bonds. The van der Waals surface area contributed by atoms with Gasteiger partial charge in [-0.1, -0.05) is 6.42 Å². The minimum absolute atomic E-state index is 0. The van der Waals surface area contributed by atoms with Crippen molar-refractivity contribution in [1.82, 2.24) is 20.0 Å². The molecule has 0 aromatic carbocycles. The van der Waals surface area contributed by atoms with Crippen LogP contribution in [0, 0.1) is 0 Å². The van der Waals surface area contributed by atoms with E-state index in [1.54, 1.807) is 0 Å². The number of thioether (sulfide) groups is 1. The molecule has 0 radical (unpaired) electrons. The van der Waals surface area contributed by atoms with Crippen LogP contribution < -0.4 is 5.32 Å². The predicted octanol–water partition coefficient (Wildman–Crippen LogP) is 1.79. The normalized spacial score (nSPS) is 27.1. The van der Waals surface area contributed by atoms with Gasteiger partial charge in [0.05, 0.1) is 0 Å². The highest BCUT2D eigenvalue weighted by molar-refractivity contribution is 14.0. The van der Waals surface area contributed by atoms with Crippen LogP contribution in [0.4, 0.5) is 0 Å². The highest BCUT2D eigenvalue weighted by Crippen LogP contribution is 2.20. The molecule has 5 nitrogen and oxygen atoms in total. The molecule has 1 atom stereocenters. The molecule has 3 fully saturated rings. The molecular formula is C17H34IN5S. The summed E-state index contributed by atoms with van der Waals surface area (Å²) in [7, 11) is 1.92. The highest BCUT2D eigenvalue weighted by Gasteiger charge is 2.29. The van der Waals surface area contributed by atoms with E-state index in [2.05, 4.69) is 36.8 Å². The second-order valence-corrected chi connectivity index (χ2v) is 8.14. The Morgan fingerprint density at radius 1 is 1.08 bits per heavy atom. The molecule has 0 spiro atoms. The second kappa shape index (κ2) is 11.1. The van der Waals surface area contributed by atoms with Crippen LogP contribution in [-0.2, 0) is 0 Å². The van der Waals surface area contributed by atoms with Crippen molar-refractivity contribution in [2.45, 2.75) is 31.7 Å². The monoisotopic (exact) mass is 467 g/mol. The molecule has 0 saturated carbocycles. The van der Waals surface area contributed by atoms with E-state index in [1.807, 2.05) is 7.05 Å². The summed E-state index contributed by atoms with van der Waals surface area (Å²) in [5, 5.41) is 3.59. The molecule has 24 heavy (non-hydrogen) atoms. The van der Waals surface area contributed by atoms with E-state index in [4.69, 9.17) is 0 Å². The van der Waals surface area contributed by atoms with Crippen LogP contribution in [0.2, 0.25) is 0 Å². The fraction of sp³-hybridized carbons (Fsp3) is 0.941. The molecule has 1 unspecified atom stereocenters. The SMILES string of the molecule is CN=C(NCCN1CCSCC1)N1CCC(N2CCCCC2)C1.I. The van der Waals surface area contributed by atoms with Gasteiger partial charge >= 0.3 is 0 Å². The first-order chi connectivity index (χ1) is 11.4. The Morgan fingerprint density at radius 2 is 1.83 bits per heavy atom. The Balaban J connectivity index is 0.00000208. The minimum Gasteiger partial charge on any atom is -0.355 e. The number of piperidine rings is 1.